The van der Waals surface area contributed by atoms with Crippen molar-refractivity contribution >= 4 is 63.2 Å². The third-order valence-corrected chi connectivity index (χ3v) is 8.43. The normalized spacial score (nSPS) is 13.8. The zero-order valence-electron chi connectivity index (χ0n) is 12.8. The fourth-order valence-electron chi connectivity index (χ4n) is 1.81. The quantitative estimate of drug-likeness (QED) is 0.118. The van der Waals surface area contributed by atoms with Gasteiger partial charge in [-0.15, -0.1) is 12.6 Å². The maximum absolute atomic E-state index is 11.5. The number of hydrogen-bond acceptors (Lipinski definition) is 11. The molecule has 5 N–H and O–H groups in total. The Hall–Kier alpha value is 0.120. The maximum Gasteiger partial charge on any atom is 1.00 e. The molecule has 0 aliphatic rings. The summed E-state index contributed by atoms with van der Waals surface area (Å²) in [5, 5.41) is 0. The molecule has 1 rings (SSSR count). The molecule has 1 aromatic rings. The van der Waals surface area contributed by atoms with Crippen molar-refractivity contribution < 1.29 is 94.4 Å². The maximum atomic E-state index is 11.5. The van der Waals surface area contributed by atoms with Crippen LogP contribution in [0, 0.1) is 0 Å². The van der Waals surface area contributed by atoms with Crippen molar-refractivity contribution in [2.24, 2.45) is 0 Å². The first-order valence-electron chi connectivity index (χ1n) is 5.32. The van der Waals surface area contributed by atoms with E-state index in [1.54, 1.807) is 0 Å². The van der Waals surface area contributed by atoms with Crippen molar-refractivity contribution in [1.82, 2.24) is 0 Å². The summed E-state index contributed by atoms with van der Waals surface area (Å²) >= 11 is 3.14. The van der Waals surface area contributed by atoms with E-state index in [-0.39, 0.29) is 29.6 Å². The van der Waals surface area contributed by atoms with Crippen LogP contribution in [0.2, 0.25) is 0 Å². The number of thiol groups is 1. The van der Waals surface area contributed by atoms with Gasteiger partial charge in [-0.25, -0.2) is 0 Å². The summed E-state index contributed by atoms with van der Waals surface area (Å²) in [5.74, 6) is 0. The molecular formula is C6H6NaO15S6+. The van der Waals surface area contributed by atoms with Gasteiger partial charge in [0.25, 0.3) is 50.6 Å². The molecule has 0 unspecified atom stereocenters. The predicted molar refractivity (Wildman–Crippen MR) is 82.8 cm³/mol. The van der Waals surface area contributed by atoms with Crippen molar-refractivity contribution in [1.29, 1.82) is 0 Å². The second kappa shape index (κ2) is 7.99. The first-order valence-corrected chi connectivity index (χ1v) is 13.0. The van der Waals surface area contributed by atoms with Crippen molar-refractivity contribution in [3.63, 3.8) is 0 Å². The Labute approximate surface area is 185 Å². The van der Waals surface area contributed by atoms with Gasteiger partial charge in [-0.3, -0.25) is 22.8 Å². The van der Waals surface area contributed by atoms with Crippen LogP contribution in [0.5, 0.6) is 0 Å². The van der Waals surface area contributed by atoms with Crippen molar-refractivity contribution in [2.45, 2.75) is 29.4 Å². The molecule has 22 heteroatoms. The Balaban J connectivity index is 0.00000729. The van der Waals surface area contributed by atoms with Gasteiger partial charge in [0.15, 0.2) is 0 Å². The predicted octanol–water partition coefficient (Wildman–Crippen LogP) is -4.79. The molecule has 28 heavy (non-hydrogen) atoms. The topological polar surface area (TPSA) is 272 Å². The third-order valence-electron chi connectivity index (χ3n) is 2.54. The molecule has 0 spiro atoms. The van der Waals surface area contributed by atoms with E-state index in [1.807, 2.05) is 0 Å². The van der Waals surface area contributed by atoms with Crippen LogP contribution in [0.3, 0.4) is 0 Å². The van der Waals surface area contributed by atoms with Gasteiger partial charge >= 0.3 is 29.6 Å². The number of hydrogen-bond donors (Lipinski definition) is 6. The molecule has 15 nitrogen and oxygen atoms in total. The SMILES string of the molecule is O=S(=O)(O)c1c(S)c(S(=O)(=O)O)c(S(=O)(=O)O)c(S(=O)(=O)O)c1S(=O)(=O)O.[Na+]. The fourth-order valence-corrected chi connectivity index (χ4v) is 9.05. The van der Waals surface area contributed by atoms with Crippen LogP contribution in [0.1, 0.15) is 0 Å². The van der Waals surface area contributed by atoms with Crippen molar-refractivity contribution in [3.05, 3.63) is 0 Å². The van der Waals surface area contributed by atoms with Crippen LogP contribution < -0.4 is 29.6 Å². The first-order chi connectivity index (χ1) is 11.5. The van der Waals surface area contributed by atoms with Gasteiger partial charge in [0.1, 0.15) is 24.5 Å². The minimum absolute atomic E-state index is 0. The van der Waals surface area contributed by atoms with Gasteiger partial charge in [-0.2, -0.15) is 42.1 Å². The van der Waals surface area contributed by atoms with E-state index in [9.17, 15) is 42.1 Å². The van der Waals surface area contributed by atoms with E-state index >= 15 is 0 Å². The third kappa shape index (κ3) is 5.63. The zero-order valence-corrected chi connectivity index (χ0v) is 19.8. The van der Waals surface area contributed by atoms with E-state index in [2.05, 4.69) is 12.6 Å². The van der Waals surface area contributed by atoms with E-state index in [4.69, 9.17) is 22.8 Å². The first kappa shape index (κ1) is 28.1. The molecule has 0 aromatic heterocycles. The second-order valence-electron chi connectivity index (χ2n) is 4.37. The molecule has 0 saturated carbocycles. The molecule has 156 valence electrons. The molecule has 0 aliphatic carbocycles. The van der Waals surface area contributed by atoms with E-state index in [0.717, 1.165) is 0 Å². The Bertz CT molecular complexity index is 1270. The zero-order chi connectivity index (χ0) is 22.0. The van der Waals surface area contributed by atoms with Gasteiger partial charge < -0.3 is 0 Å². The molecular weight excluding hydrogens is 527 g/mol. The van der Waals surface area contributed by atoms with Gasteiger partial charge in [0, 0.05) is 4.90 Å². The Morgan fingerprint density at radius 3 is 0.714 bits per heavy atom. The molecule has 0 heterocycles. The fraction of sp³-hybridized carbons (Fsp3) is 0. The van der Waals surface area contributed by atoms with Crippen LogP contribution in [0.4, 0.5) is 0 Å². The summed E-state index contributed by atoms with van der Waals surface area (Å²) in [6.07, 6.45) is 0. The van der Waals surface area contributed by atoms with Crippen LogP contribution in [0.25, 0.3) is 0 Å². The monoisotopic (exact) mass is 533 g/mol. The molecule has 0 fully saturated rings. The Morgan fingerprint density at radius 2 is 0.571 bits per heavy atom. The second-order valence-corrected chi connectivity index (χ2v) is 11.6. The summed E-state index contributed by atoms with van der Waals surface area (Å²) in [7, 11) is -30.7. The molecule has 0 saturated heterocycles. The average Bonchev–Trinajstić information content (AvgIpc) is 2.29. The van der Waals surface area contributed by atoms with Crippen LogP contribution in [0.15, 0.2) is 29.4 Å². The number of rotatable bonds is 5. The van der Waals surface area contributed by atoms with Crippen LogP contribution >= 0.6 is 12.6 Å². The minimum Gasteiger partial charge on any atom is -0.282 e. The smallest absolute Gasteiger partial charge is 0.282 e. The standard InChI is InChI=1S/C6H6O15S6.Na/c7-23(8,9)2-1(22)3(24(10,11)12)5(26(16,17)18)6(27(19,20)21)4(2)25(13,14)15;/h22H,(H,7,8,9)(H,10,11,12)(H,13,14,15)(H,16,17,18)(H,19,20,21);/q;+1. The summed E-state index contributed by atoms with van der Waals surface area (Å²) < 4.78 is 160. The van der Waals surface area contributed by atoms with Gasteiger partial charge in [0.2, 0.25) is 0 Å². The number of benzene rings is 1. The Morgan fingerprint density at radius 1 is 0.429 bits per heavy atom. The van der Waals surface area contributed by atoms with Gasteiger partial charge in [-0.1, -0.05) is 0 Å². The molecule has 0 aliphatic heterocycles. The molecule has 0 atom stereocenters. The summed E-state index contributed by atoms with van der Waals surface area (Å²) in [5.41, 5.74) is 0. The van der Waals surface area contributed by atoms with Crippen molar-refractivity contribution in [2.75, 3.05) is 0 Å². The Kier molecular flexibility index (Phi) is 8.02. The summed E-state index contributed by atoms with van der Waals surface area (Å²) in [6.45, 7) is 0. The molecule has 0 radical (unpaired) electrons. The van der Waals surface area contributed by atoms with E-state index < -0.39 is 80.0 Å². The molecule has 1 aromatic carbocycles. The average molecular weight is 533 g/mol. The van der Waals surface area contributed by atoms with Crippen molar-refractivity contribution in [3.8, 4) is 0 Å². The van der Waals surface area contributed by atoms with Gasteiger partial charge in [-0.05, 0) is 0 Å². The van der Waals surface area contributed by atoms with E-state index in [1.165, 1.54) is 0 Å². The largest absolute Gasteiger partial charge is 1.00 e. The summed E-state index contributed by atoms with van der Waals surface area (Å²) in [4.78, 5) is -14.4. The van der Waals surface area contributed by atoms with Gasteiger partial charge in [0.05, 0.1) is 0 Å². The molecule has 0 amide bonds. The minimum atomic E-state index is -6.28. The van der Waals surface area contributed by atoms with Crippen LogP contribution in [-0.2, 0) is 50.6 Å². The molecule has 0 bridgehead atoms. The van der Waals surface area contributed by atoms with Crippen LogP contribution in [-0.4, -0.2) is 64.9 Å². The summed E-state index contributed by atoms with van der Waals surface area (Å²) in [6, 6.07) is 0. The van der Waals surface area contributed by atoms with E-state index in [0.29, 0.717) is 0 Å².